The highest BCUT2D eigenvalue weighted by Gasteiger charge is 2.25. The van der Waals surface area contributed by atoms with Gasteiger partial charge in [0.15, 0.2) is 0 Å². The summed E-state index contributed by atoms with van der Waals surface area (Å²) >= 11 is 0. The topological polar surface area (TPSA) is 75.9 Å². The number of nitrogens with zero attached hydrogens (tertiary/aromatic N) is 5. The summed E-state index contributed by atoms with van der Waals surface area (Å²) < 4.78 is 1.62. The highest BCUT2D eigenvalue weighted by atomic mass is 16.2. The van der Waals surface area contributed by atoms with E-state index in [1.54, 1.807) is 23.3 Å². The Bertz CT molecular complexity index is 865. The lowest BCUT2D eigenvalue weighted by Gasteiger charge is -2.17. The third kappa shape index (κ3) is 3.72. The van der Waals surface area contributed by atoms with Crippen molar-refractivity contribution in [2.24, 2.45) is 0 Å². The molecular weight excluding hydrogens is 328 g/mol. The molecule has 7 nitrogen and oxygen atoms in total. The maximum atomic E-state index is 12.1. The molecule has 0 saturated carbocycles. The monoisotopic (exact) mass is 348 g/mol. The molecule has 0 bridgehead atoms. The fourth-order valence-corrected chi connectivity index (χ4v) is 3.14. The van der Waals surface area contributed by atoms with Gasteiger partial charge < -0.3 is 10.2 Å². The molecule has 1 aliphatic heterocycles. The van der Waals surface area contributed by atoms with Gasteiger partial charge in [-0.1, -0.05) is 30.3 Å². The normalized spacial score (nSPS) is 16.6. The largest absolute Gasteiger partial charge is 0.350 e. The van der Waals surface area contributed by atoms with Gasteiger partial charge in [0.25, 0.3) is 0 Å². The zero-order valence-electron chi connectivity index (χ0n) is 14.3. The fraction of sp³-hybridized carbons (Fsp3) is 0.263. The molecule has 1 N–H and O–H groups in total. The molecule has 2 aromatic heterocycles. The van der Waals surface area contributed by atoms with Gasteiger partial charge in [0.05, 0.1) is 5.69 Å². The van der Waals surface area contributed by atoms with Crippen LogP contribution >= 0.6 is 0 Å². The number of hydrogen-bond donors (Lipinski definition) is 1. The van der Waals surface area contributed by atoms with Crippen molar-refractivity contribution in [1.82, 2.24) is 25.1 Å². The third-order valence-corrected chi connectivity index (χ3v) is 4.41. The summed E-state index contributed by atoms with van der Waals surface area (Å²) in [5.41, 5.74) is 1.97. The van der Waals surface area contributed by atoms with Crippen LogP contribution in [-0.2, 0) is 11.3 Å². The van der Waals surface area contributed by atoms with E-state index in [1.807, 2.05) is 42.5 Å². The number of carbonyl (C=O) groups excluding carboxylic acids is 1. The van der Waals surface area contributed by atoms with Crippen LogP contribution in [-0.4, -0.2) is 44.8 Å². The van der Waals surface area contributed by atoms with E-state index in [-0.39, 0.29) is 18.5 Å². The van der Waals surface area contributed by atoms with Crippen LogP contribution in [0.3, 0.4) is 0 Å². The Kier molecular flexibility index (Phi) is 4.59. The Morgan fingerprint density at radius 1 is 1.15 bits per heavy atom. The summed E-state index contributed by atoms with van der Waals surface area (Å²) in [4.78, 5) is 23.3. The Morgan fingerprint density at radius 2 is 2.04 bits per heavy atom. The number of benzene rings is 1. The van der Waals surface area contributed by atoms with Crippen LogP contribution in [0.2, 0.25) is 0 Å². The van der Waals surface area contributed by atoms with Gasteiger partial charge in [-0.15, -0.1) is 0 Å². The van der Waals surface area contributed by atoms with Crippen molar-refractivity contribution >= 4 is 11.9 Å². The molecule has 0 aliphatic carbocycles. The minimum Gasteiger partial charge on any atom is -0.350 e. The van der Waals surface area contributed by atoms with E-state index in [0.717, 1.165) is 24.2 Å². The van der Waals surface area contributed by atoms with E-state index >= 15 is 0 Å². The van der Waals surface area contributed by atoms with Crippen LogP contribution in [0.25, 0.3) is 11.3 Å². The number of amides is 1. The predicted molar refractivity (Wildman–Crippen MR) is 98.5 cm³/mol. The smallest absolute Gasteiger partial charge is 0.242 e. The minimum absolute atomic E-state index is 0.0282. The number of hydrogen-bond acceptors (Lipinski definition) is 5. The van der Waals surface area contributed by atoms with E-state index in [2.05, 4.69) is 25.3 Å². The number of rotatable bonds is 5. The van der Waals surface area contributed by atoms with Gasteiger partial charge in [0.1, 0.15) is 6.54 Å². The SMILES string of the molecule is O=C(Cn1cccn1)NC1CCN(c2nccc(-c3ccccc3)n2)C1. The summed E-state index contributed by atoms with van der Waals surface area (Å²) in [6, 6.07) is 13.9. The molecule has 132 valence electrons. The number of carbonyl (C=O) groups is 1. The van der Waals surface area contributed by atoms with Crippen LogP contribution in [0.5, 0.6) is 0 Å². The second-order valence-electron chi connectivity index (χ2n) is 6.31. The summed E-state index contributed by atoms with van der Waals surface area (Å²) in [5, 5.41) is 7.12. The molecule has 26 heavy (non-hydrogen) atoms. The summed E-state index contributed by atoms with van der Waals surface area (Å²) in [6.45, 7) is 1.78. The quantitative estimate of drug-likeness (QED) is 0.760. The molecule has 4 rings (SSSR count). The average Bonchev–Trinajstić information content (AvgIpc) is 3.35. The first-order valence-electron chi connectivity index (χ1n) is 8.68. The van der Waals surface area contributed by atoms with Crippen molar-refractivity contribution in [2.75, 3.05) is 18.0 Å². The van der Waals surface area contributed by atoms with Crippen molar-refractivity contribution in [3.63, 3.8) is 0 Å². The molecule has 0 radical (unpaired) electrons. The number of nitrogens with one attached hydrogen (secondary N) is 1. The standard InChI is InChI=1S/C19H20N6O/c26-18(14-25-11-4-9-21-25)22-16-8-12-24(13-16)19-20-10-7-17(23-19)15-5-2-1-3-6-15/h1-7,9-11,16H,8,12-14H2,(H,22,26). The highest BCUT2D eigenvalue weighted by molar-refractivity contribution is 5.76. The predicted octanol–water partition coefficient (Wildman–Crippen LogP) is 1.74. The first kappa shape index (κ1) is 16.3. The van der Waals surface area contributed by atoms with Crippen molar-refractivity contribution in [2.45, 2.75) is 19.0 Å². The van der Waals surface area contributed by atoms with Crippen LogP contribution in [0.15, 0.2) is 61.1 Å². The van der Waals surface area contributed by atoms with E-state index in [9.17, 15) is 4.79 Å². The highest BCUT2D eigenvalue weighted by Crippen LogP contribution is 2.21. The van der Waals surface area contributed by atoms with Gasteiger partial charge in [-0.3, -0.25) is 9.48 Å². The van der Waals surface area contributed by atoms with Crippen LogP contribution < -0.4 is 10.2 Å². The average molecular weight is 348 g/mol. The molecular formula is C19H20N6O. The molecule has 1 amide bonds. The van der Waals surface area contributed by atoms with Gasteiger partial charge >= 0.3 is 0 Å². The van der Waals surface area contributed by atoms with E-state index < -0.39 is 0 Å². The zero-order valence-corrected chi connectivity index (χ0v) is 14.3. The Balaban J connectivity index is 1.38. The van der Waals surface area contributed by atoms with E-state index in [1.165, 1.54) is 0 Å². The van der Waals surface area contributed by atoms with Gasteiger partial charge in [-0.25, -0.2) is 9.97 Å². The molecule has 1 atom stereocenters. The Labute approximate surface area is 151 Å². The molecule has 0 spiro atoms. The summed E-state index contributed by atoms with van der Waals surface area (Å²) in [5.74, 6) is 0.676. The maximum absolute atomic E-state index is 12.1. The summed E-state index contributed by atoms with van der Waals surface area (Å²) in [7, 11) is 0. The van der Waals surface area contributed by atoms with Crippen molar-refractivity contribution < 1.29 is 4.79 Å². The zero-order chi connectivity index (χ0) is 17.8. The van der Waals surface area contributed by atoms with Gasteiger partial charge in [0.2, 0.25) is 11.9 Å². The molecule has 1 unspecified atom stereocenters. The lowest BCUT2D eigenvalue weighted by molar-refractivity contribution is -0.122. The fourth-order valence-electron chi connectivity index (χ4n) is 3.14. The summed E-state index contributed by atoms with van der Waals surface area (Å²) in [6.07, 6.45) is 6.11. The molecule has 1 aromatic carbocycles. The van der Waals surface area contributed by atoms with Crippen molar-refractivity contribution in [1.29, 1.82) is 0 Å². The lowest BCUT2D eigenvalue weighted by atomic mass is 10.1. The minimum atomic E-state index is -0.0282. The van der Waals surface area contributed by atoms with Gasteiger partial charge in [0, 0.05) is 43.3 Å². The maximum Gasteiger partial charge on any atom is 0.242 e. The van der Waals surface area contributed by atoms with Crippen LogP contribution in [0.1, 0.15) is 6.42 Å². The van der Waals surface area contributed by atoms with Gasteiger partial charge in [-0.2, -0.15) is 5.10 Å². The van der Waals surface area contributed by atoms with Crippen LogP contribution in [0.4, 0.5) is 5.95 Å². The van der Waals surface area contributed by atoms with Gasteiger partial charge in [-0.05, 0) is 18.6 Å². The number of aromatic nitrogens is 4. The van der Waals surface area contributed by atoms with E-state index in [4.69, 9.17) is 0 Å². The molecule has 1 fully saturated rings. The molecule has 7 heteroatoms. The second kappa shape index (κ2) is 7.35. The molecule has 1 aliphatic rings. The molecule has 3 aromatic rings. The third-order valence-electron chi connectivity index (χ3n) is 4.41. The van der Waals surface area contributed by atoms with Crippen molar-refractivity contribution in [3.05, 3.63) is 61.1 Å². The molecule has 3 heterocycles. The lowest BCUT2D eigenvalue weighted by Crippen LogP contribution is -2.39. The van der Waals surface area contributed by atoms with E-state index in [0.29, 0.717) is 12.5 Å². The molecule has 1 saturated heterocycles. The van der Waals surface area contributed by atoms with Crippen molar-refractivity contribution in [3.8, 4) is 11.3 Å². The second-order valence-corrected chi connectivity index (χ2v) is 6.31. The first-order valence-corrected chi connectivity index (χ1v) is 8.68. The Morgan fingerprint density at radius 3 is 2.85 bits per heavy atom. The number of anilines is 1. The van der Waals surface area contributed by atoms with Crippen LogP contribution in [0, 0.1) is 0 Å². The first-order chi connectivity index (χ1) is 12.8. The Hall–Kier alpha value is -3.22.